The second-order valence-electron chi connectivity index (χ2n) is 6.62. The number of piperazine rings is 1. The summed E-state index contributed by atoms with van der Waals surface area (Å²) < 4.78 is 5.40. The zero-order valence-electron chi connectivity index (χ0n) is 15.3. The van der Waals surface area contributed by atoms with Gasteiger partial charge in [-0.2, -0.15) is 0 Å². The fourth-order valence-electron chi connectivity index (χ4n) is 3.67. The smallest absolute Gasteiger partial charge is 0.252 e. The standard InChI is InChI=1S/C18H27N5O3/c1-2-15(21-10-12-26-13-11-21)18(25)23-8-6-22(7-9-23)17-14(16(19)24)4-3-5-20-17/h3-5,15H,2,6-13H2,1H3,(H2,19,24)/t15-/m1/s1. The first kappa shape index (κ1) is 18.6. The molecular formula is C18H27N5O3. The summed E-state index contributed by atoms with van der Waals surface area (Å²) in [5, 5.41) is 0. The van der Waals surface area contributed by atoms with Crippen molar-refractivity contribution in [2.24, 2.45) is 5.73 Å². The fourth-order valence-corrected chi connectivity index (χ4v) is 3.67. The highest BCUT2D eigenvalue weighted by molar-refractivity contribution is 5.97. The number of nitrogens with two attached hydrogens (primary N) is 1. The molecule has 1 aromatic rings. The minimum Gasteiger partial charge on any atom is -0.379 e. The molecule has 0 saturated carbocycles. The summed E-state index contributed by atoms with van der Waals surface area (Å²) in [5.41, 5.74) is 5.87. The number of rotatable bonds is 5. The molecule has 2 N–H and O–H groups in total. The Kier molecular flexibility index (Phi) is 6.05. The molecule has 142 valence electrons. The first-order valence-corrected chi connectivity index (χ1v) is 9.22. The molecule has 1 atom stereocenters. The third kappa shape index (κ3) is 3.96. The van der Waals surface area contributed by atoms with Crippen LogP contribution in [0.25, 0.3) is 0 Å². The van der Waals surface area contributed by atoms with Crippen molar-refractivity contribution in [1.82, 2.24) is 14.8 Å². The molecule has 2 amide bonds. The Morgan fingerprint density at radius 2 is 1.88 bits per heavy atom. The van der Waals surface area contributed by atoms with Crippen molar-refractivity contribution in [2.45, 2.75) is 19.4 Å². The van der Waals surface area contributed by atoms with Crippen molar-refractivity contribution in [3.05, 3.63) is 23.9 Å². The maximum Gasteiger partial charge on any atom is 0.252 e. The Morgan fingerprint density at radius 3 is 2.50 bits per heavy atom. The van der Waals surface area contributed by atoms with Gasteiger partial charge in [0.15, 0.2) is 0 Å². The quantitative estimate of drug-likeness (QED) is 0.790. The lowest BCUT2D eigenvalue weighted by atomic mass is 10.1. The van der Waals surface area contributed by atoms with Crippen LogP contribution in [0.4, 0.5) is 5.82 Å². The second-order valence-corrected chi connectivity index (χ2v) is 6.62. The summed E-state index contributed by atoms with van der Waals surface area (Å²) >= 11 is 0. The van der Waals surface area contributed by atoms with E-state index in [1.54, 1.807) is 18.3 Å². The lowest BCUT2D eigenvalue weighted by Crippen LogP contribution is -2.56. The molecule has 0 radical (unpaired) electrons. The fraction of sp³-hybridized carbons (Fsp3) is 0.611. The Hall–Kier alpha value is -2.19. The van der Waals surface area contributed by atoms with Gasteiger partial charge < -0.3 is 20.3 Å². The highest BCUT2D eigenvalue weighted by atomic mass is 16.5. The van der Waals surface area contributed by atoms with Gasteiger partial charge in [-0.3, -0.25) is 14.5 Å². The Morgan fingerprint density at radius 1 is 1.19 bits per heavy atom. The predicted octanol–water partition coefficient (Wildman–Crippen LogP) is -0.0601. The van der Waals surface area contributed by atoms with E-state index in [0.29, 0.717) is 50.8 Å². The largest absolute Gasteiger partial charge is 0.379 e. The number of pyridine rings is 1. The normalized spacial score (nSPS) is 20.0. The molecule has 2 saturated heterocycles. The number of aromatic nitrogens is 1. The van der Waals surface area contributed by atoms with Gasteiger partial charge in [-0.05, 0) is 18.6 Å². The SMILES string of the molecule is CC[C@H](C(=O)N1CCN(c2ncccc2C(N)=O)CC1)N1CCOCC1. The summed E-state index contributed by atoms with van der Waals surface area (Å²) in [6.07, 6.45) is 2.45. The van der Waals surface area contributed by atoms with E-state index in [1.807, 2.05) is 9.80 Å². The molecule has 26 heavy (non-hydrogen) atoms. The number of hydrogen-bond donors (Lipinski definition) is 1. The second kappa shape index (κ2) is 8.46. The van der Waals surface area contributed by atoms with Crippen molar-refractivity contribution in [2.75, 3.05) is 57.4 Å². The van der Waals surface area contributed by atoms with E-state index in [4.69, 9.17) is 10.5 Å². The van der Waals surface area contributed by atoms with Crippen molar-refractivity contribution >= 4 is 17.6 Å². The van der Waals surface area contributed by atoms with E-state index in [-0.39, 0.29) is 11.9 Å². The summed E-state index contributed by atoms with van der Waals surface area (Å²) in [6, 6.07) is 3.31. The summed E-state index contributed by atoms with van der Waals surface area (Å²) in [6.45, 7) is 7.57. The van der Waals surface area contributed by atoms with E-state index in [2.05, 4.69) is 16.8 Å². The molecule has 0 spiro atoms. The van der Waals surface area contributed by atoms with Crippen LogP contribution in [-0.2, 0) is 9.53 Å². The summed E-state index contributed by atoms with van der Waals surface area (Å²) in [4.78, 5) is 35.1. The van der Waals surface area contributed by atoms with Crippen LogP contribution in [0.15, 0.2) is 18.3 Å². The Bertz CT molecular complexity index is 639. The van der Waals surface area contributed by atoms with Crippen molar-refractivity contribution < 1.29 is 14.3 Å². The zero-order valence-corrected chi connectivity index (χ0v) is 15.3. The molecule has 0 aliphatic carbocycles. The predicted molar refractivity (Wildman–Crippen MR) is 98.0 cm³/mol. The molecule has 8 heteroatoms. The molecule has 2 aliphatic heterocycles. The lowest BCUT2D eigenvalue weighted by Gasteiger charge is -2.40. The topological polar surface area (TPSA) is 92.0 Å². The number of carbonyl (C=O) groups excluding carboxylic acids is 2. The number of amides is 2. The lowest BCUT2D eigenvalue weighted by molar-refractivity contribution is -0.139. The zero-order chi connectivity index (χ0) is 18.5. The van der Waals surface area contributed by atoms with Gasteiger partial charge in [0.05, 0.1) is 24.8 Å². The highest BCUT2D eigenvalue weighted by Gasteiger charge is 2.32. The molecule has 3 rings (SSSR count). The summed E-state index contributed by atoms with van der Waals surface area (Å²) in [5.74, 6) is 0.308. The van der Waals surface area contributed by atoms with Crippen LogP contribution >= 0.6 is 0 Å². The molecule has 2 aliphatic rings. The molecule has 8 nitrogen and oxygen atoms in total. The Labute approximate surface area is 153 Å². The maximum atomic E-state index is 13.0. The summed E-state index contributed by atoms with van der Waals surface area (Å²) in [7, 11) is 0. The molecule has 2 fully saturated rings. The molecule has 0 bridgehead atoms. The van der Waals surface area contributed by atoms with Gasteiger partial charge in [0.25, 0.3) is 5.91 Å². The van der Waals surface area contributed by atoms with Crippen LogP contribution in [-0.4, -0.2) is 85.1 Å². The van der Waals surface area contributed by atoms with Crippen LogP contribution in [0.1, 0.15) is 23.7 Å². The minimum absolute atomic E-state index is 0.0820. The van der Waals surface area contributed by atoms with Gasteiger partial charge in [-0.25, -0.2) is 4.98 Å². The highest BCUT2D eigenvalue weighted by Crippen LogP contribution is 2.20. The Balaban J connectivity index is 1.62. The van der Waals surface area contributed by atoms with Crippen LogP contribution < -0.4 is 10.6 Å². The monoisotopic (exact) mass is 361 g/mol. The van der Waals surface area contributed by atoms with E-state index < -0.39 is 5.91 Å². The average Bonchev–Trinajstić information content (AvgIpc) is 2.69. The van der Waals surface area contributed by atoms with E-state index in [0.717, 1.165) is 19.5 Å². The van der Waals surface area contributed by atoms with Crippen molar-refractivity contribution in [3.63, 3.8) is 0 Å². The van der Waals surface area contributed by atoms with Crippen LogP contribution in [0.5, 0.6) is 0 Å². The number of ether oxygens (including phenoxy) is 1. The number of hydrogen-bond acceptors (Lipinski definition) is 6. The number of anilines is 1. The van der Waals surface area contributed by atoms with E-state index in [9.17, 15) is 9.59 Å². The van der Waals surface area contributed by atoms with Crippen molar-refractivity contribution in [1.29, 1.82) is 0 Å². The van der Waals surface area contributed by atoms with Gasteiger partial charge in [0.1, 0.15) is 5.82 Å². The third-order valence-corrected chi connectivity index (χ3v) is 5.10. The maximum absolute atomic E-state index is 13.0. The van der Waals surface area contributed by atoms with Crippen molar-refractivity contribution in [3.8, 4) is 0 Å². The molecule has 0 aromatic carbocycles. The van der Waals surface area contributed by atoms with Gasteiger partial charge >= 0.3 is 0 Å². The van der Waals surface area contributed by atoms with Gasteiger partial charge in [-0.15, -0.1) is 0 Å². The van der Waals surface area contributed by atoms with Gasteiger partial charge in [-0.1, -0.05) is 6.92 Å². The first-order valence-electron chi connectivity index (χ1n) is 9.22. The van der Waals surface area contributed by atoms with Crippen LogP contribution in [0.2, 0.25) is 0 Å². The number of nitrogens with zero attached hydrogens (tertiary/aromatic N) is 4. The number of primary amides is 1. The van der Waals surface area contributed by atoms with Gasteiger partial charge in [0, 0.05) is 45.5 Å². The van der Waals surface area contributed by atoms with E-state index in [1.165, 1.54) is 0 Å². The molecule has 0 unspecified atom stereocenters. The first-order chi connectivity index (χ1) is 12.6. The number of morpholine rings is 1. The molecular weight excluding hydrogens is 334 g/mol. The van der Waals surface area contributed by atoms with Crippen LogP contribution in [0, 0.1) is 0 Å². The number of carbonyl (C=O) groups is 2. The molecule has 3 heterocycles. The molecule has 1 aromatic heterocycles. The van der Waals surface area contributed by atoms with E-state index >= 15 is 0 Å². The minimum atomic E-state index is -0.482. The van der Waals surface area contributed by atoms with Gasteiger partial charge in [0.2, 0.25) is 5.91 Å². The average molecular weight is 361 g/mol. The van der Waals surface area contributed by atoms with Crippen LogP contribution in [0.3, 0.4) is 0 Å². The third-order valence-electron chi connectivity index (χ3n) is 5.10.